The zero-order chi connectivity index (χ0) is 19.5. The minimum atomic E-state index is -0.989. The number of ether oxygens (including phenoxy) is 1. The highest BCUT2D eigenvalue weighted by atomic mass is 19.1. The van der Waals surface area contributed by atoms with Crippen LogP contribution in [0, 0.1) is 5.82 Å². The van der Waals surface area contributed by atoms with E-state index in [1.165, 1.54) is 25.1 Å². The minimum absolute atomic E-state index is 0.00116. The smallest absolute Gasteiger partial charge is 0.279 e. The summed E-state index contributed by atoms with van der Waals surface area (Å²) < 4.78 is 18.7. The third-order valence-electron chi connectivity index (χ3n) is 3.75. The van der Waals surface area contributed by atoms with Gasteiger partial charge in [-0.15, -0.1) is 0 Å². The molecule has 0 aliphatic heterocycles. The predicted octanol–water partition coefficient (Wildman–Crippen LogP) is 1.78. The van der Waals surface area contributed by atoms with Gasteiger partial charge in [0.15, 0.2) is 17.7 Å². The van der Waals surface area contributed by atoms with Gasteiger partial charge in [0, 0.05) is 25.9 Å². The Balaban J connectivity index is 2.30. The van der Waals surface area contributed by atoms with Crippen LogP contribution < -0.4 is 15.6 Å². The summed E-state index contributed by atoms with van der Waals surface area (Å²) >= 11 is 0. The number of carbonyl (C=O) groups is 3. The molecule has 1 aromatic carbocycles. The fourth-order valence-corrected chi connectivity index (χ4v) is 2.21. The molecular formula is C18H26FN3O4. The maximum Gasteiger partial charge on any atom is 0.279 e. The molecule has 3 amide bonds. The summed E-state index contributed by atoms with van der Waals surface area (Å²) in [6, 6.07) is 5.73. The number of benzene rings is 1. The van der Waals surface area contributed by atoms with Crippen molar-refractivity contribution in [2.24, 2.45) is 0 Å². The highest BCUT2D eigenvalue weighted by Gasteiger charge is 2.17. The normalized spacial score (nSPS) is 11.4. The van der Waals surface area contributed by atoms with Crippen LogP contribution in [0.15, 0.2) is 24.3 Å². The van der Waals surface area contributed by atoms with Gasteiger partial charge in [0.05, 0.1) is 0 Å². The molecule has 0 aliphatic carbocycles. The average Bonchev–Trinajstić information content (AvgIpc) is 2.62. The fraction of sp³-hybridized carbons (Fsp3) is 0.500. The molecule has 1 atom stereocenters. The van der Waals surface area contributed by atoms with E-state index >= 15 is 0 Å². The first-order chi connectivity index (χ1) is 12.4. The SMILES string of the molecule is CCN(CC)C(=O)CCCC(=O)NNC(=O)C(C)Oc1ccccc1F. The van der Waals surface area contributed by atoms with Gasteiger partial charge in [-0.05, 0) is 39.3 Å². The van der Waals surface area contributed by atoms with Crippen LogP contribution in [0.5, 0.6) is 5.75 Å². The van der Waals surface area contributed by atoms with Gasteiger partial charge in [-0.1, -0.05) is 12.1 Å². The Bertz CT molecular complexity index is 620. The first-order valence-electron chi connectivity index (χ1n) is 8.66. The van der Waals surface area contributed by atoms with Crippen molar-refractivity contribution in [3.63, 3.8) is 0 Å². The lowest BCUT2D eigenvalue weighted by Crippen LogP contribution is -2.47. The lowest BCUT2D eigenvalue weighted by molar-refractivity contribution is -0.133. The second-order valence-electron chi connectivity index (χ2n) is 5.65. The molecule has 0 saturated heterocycles. The number of para-hydroxylation sites is 1. The van der Waals surface area contributed by atoms with Crippen LogP contribution in [-0.2, 0) is 14.4 Å². The zero-order valence-corrected chi connectivity index (χ0v) is 15.4. The Hall–Kier alpha value is -2.64. The van der Waals surface area contributed by atoms with E-state index in [4.69, 9.17) is 4.74 Å². The Labute approximate surface area is 152 Å². The summed E-state index contributed by atoms with van der Waals surface area (Å²) in [6.07, 6.45) is -0.222. The van der Waals surface area contributed by atoms with Crippen LogP contribution in [0.2, 0.25) is 0 Å². The van der Waals surface area contributed by atoms with E-state index in [0.717, 1.165) is 0 Å². The van der Waals surface area contributed by atoms with Crippen molar-refractivity contribution in [3.05, 3.63) is 30.1 Å². The monoisotopic (exact) mass is 367 g/mol. The van der Waals surface area contributed by atoms with Gasteiger partial charge in [-0.3, -0.25) is 25.2 Å². The molecule has 7 nitrogen and oxygen atoms in total. The summed E-state index contributed by atoms with van der Waals surface area (Å²) in [5.74, 6) is -1.64. The number of halogens is 1. The van der Waals surface area contributed by atoms with Gasteiger partial charge in [0.2, 0.25) is 11.8 Å². The summed E-state index contributed by atoms with van der Waals surface area (Å²) in [7, 11) is 0. The number of carbonyl (C=O) groups excluding carboxylic acids is 3. The predicted molar refractivity (Wildman–Crippen MR) is 94.6 cm³/mol. The summed E-state index contributed by atoms with van der Waals surface area (Å²) in [4.78, 5) is 37.1. The Morgan fingerprint density at radius 1 is 1.12 bits per heavy atom. The summed E-state index contributed by atoms with van der Waals surface area (Å²) in [6.45, 7) is 6.51. The zero-order valence-electron chi connectivity index (χ0n) is 15.4. The van der Waals surface area contributed by atoms with Crippen molar-refractivity contribution in [2.45, 2.75) is 46.1 Å². The van der Waals surface area contributed by atoms with Crippen molar-refractivity contribution in [1.29, 1.82) is 0 Å². The molecule has 26 heavy (non-hydrogen) atoms. The molecular weight excluding hydrogens is 341 g/mol. The molecule has 1 aromatic rings. The van der Waals surface area contributed by atoms with Crippen molar-refractivity contribution in [3.8, 4) is 5.75 Å². The lowest BCUT2D eigenvalue weighted by atomic mass is 10.2. The van der Waals surface area contributed by atoms with Crippen molar-refractivity contribution >= 4 is 17.7 Å². The summed E-state index contributed by atoms with van der Waals surface area (Å²) in [5, 5.41) is 0. The van der Waals surface area contributed by atoms with Crippen LogP contribution >= 0.6 is 0 Å². The average molecular weight is 367 g/mol. The minimum Gasteiger partial charge on any atom is -0.478 e. The number of nitrogens with zero attached hydrogens (tertiary/aromatic N) is 1. The largest absolute Gasteiger partial charge is 0.478 e. The van der Waals surface area contributed by atoms with E-state index in [-0.39, 0.29) is 24.5 Å². The van der Waals surface area contributed by atoms with E-state index < -0.39 is 23.7 Å². The molecule has 0 aliphatic rings. The fourth-order valence-electron chi connectivity index (χ4n) is 2.21. The summed E-state index contributed by atoms with van der Waals surface area (Å²) in [5.41, 5.74) is 4.48. The highest BCUT2D eigenvalue weighted by molar-refractivity contribution is 5.84. The molecule has 0 radical (unpaired) electrons. The molecule has 8 heteroatoms. The van der Waals surface area contributed by atoms with Crippen LogP contribution in [0.1, 0.15) is 40.0 Å². The van der Waals surface area contributed by atoms with Gasteiger partial charge >= 0.3 is 0 Å². The van der Waals surface area contributed by atoms with Gasteiger partial charge in [-0.25, -0.2) is 4.39 Å². The molecule has 0 saturated carbocycles. The van der Waals surface area contributed by atoms with Crippen LogP contribution in [-0.4, -0.2) is 41.8 Å². The molecule has 0 aromatic heterocycles. The van der Waals surface area contributed by atoms with Crippen LogP contribution in [0.3, 0.4) is 0 Å². The van der Waals surface area contributed by atoms with Gasteiger partial charge in [0.1, 0.15) is 0 Å². The van der Waals surface area contributed by atoms with Gasteiger partial charge < -0.3 is 9.64 Å². The Morgan fingerprint density at radius 2 is 1.77 bits per heavy atom. The number of amides is 3. The van der Waals surface area contributed by atoms with Crippen LogP contribution in [0.4, 0.5) is 4.39 Å². The number of hydrazine groups is 1. The maximum absolute atomic E-state index is 13.5. The number of hydrogen-bond donors (Lipinski definition) is 2. The molecule has 0 spiro atoms. The second kappa shape index (κ2) is 11.1. The van der Waals surface area contributed by atoms with E-state index in [1.54, 1.807) is 11.0 Å². The van der Waals surface area contributed by atoms with Crippen molar-refractivity contribution in [1.82, 2.24) is 15.8 Å². The molecule has 1 rings (SSSR count). The molecule has 0 bridgehead atoms. The Kier molecular flexibility index (Phi) is 9.11. The second-order valence-corrected chi connectivity index (χ2v) is 5.65. The first kappa shape index (κ1) is 21.4. The van der Waals surface area contributed by atoms with Crippen molar-refractivity contribution in [2.75, 3.05) is 13.1 Å². The standard InChI is InChI=1S/C18H26FN3O4/c1-4-22(5-2)17(24)12-8-11-16(23)20-21-18(25)13(3)26-15-10-7-6-9-14(15)19/h6-7,9-10,13H,4-5,8,11-12H2,1-3H3,(H,20,23)(H,21,25). The van der Waals surface area contributed by atoms with E-state index in [0.29, 0.717) is 19.5 Å². The highest BCUT2D eigenvalue weighted by Crippen LogP contribution is 2.16. The third kappa shape index (κ3) is 7.08. The number of nitrogens with one attached hydrogen (secondary N) is 2. The third-order valence-corrected chi connectivity index (χ3v) is 3.75. The van der Waals surface area contributed by atoms with E-state index in [2.05, 4.69) is 10.9 Å². The van der Waals surface area contributed by atoms with Crippen molar-refractivity contribution < 1.29 is 23.5 Å². The first-order valence-corrected chi connectivity index (χ1v) is 8.66. The molecule has 1 unspecified atom stereocenters. The lowest BCUT2D eigenvalue weighted by Gasteiger charge is -2.18. The van der Waals surface area contributed by atoms with Gasteiger partial charge in [-0.2, -0.15) is 0 Å². The molecule has 0 heterocycles. The maximum atomic E-state index is 13.5. The van der Waals surface area contributed by atoms with E-state index in [9.17, 15) is 18.8 Å². The topological polar surface area (TPSA) is 87.7 Å². The quantitative estimate of drug-likeness (QED) is 0.651. The van der Waals surface area contributed by atoms with E-state index in [1.807, 2.05) is 13.8 Å². The van der Waals surface area contributed by atoms with Crippen LogP contribution in [0.25, 0.3) is 0 Å². The number of rotatable bonds is 9. The Morgan fingerprint density at radius 3 is 2.38 bits per heavy atom. The molecule has 144 valence electrons. The molecule has 0 fully saturated rings. The molecule has 2 N–H and O–H groups in total. The van der Waals surface area contributed by atoms with Gasteiger partial charge in [0.25, 0.3) is 5.91 Å². The number of hydrogen-bond acceptors (Lipinski definition) is 4.